The van der Waals surface area contributed by atoms with Crippen LogP contribution in [0.4, 0.5) is 0 Å². The van der Waals surface area contributed by atoms with Crippen molar-refractivity contribution in [1.82, 2.24) is 9.55 Å². The van der Waals surface area contributed by atoms with Gasteiger partial charge in [-0.1, -0.05) is 23.7 Å². The summed E-state index contributed by atoms with van der Waals surface area (Å²) in [6, 6.07) is 6.92. The van der Waals surface area contributed by atoms with Crippen molar-refractivity contribution >= 4 is 17.6 Å². The van der Waals surface area contributed by atoms with E-state index < -0.39 is 6.04 Å². The van der Waals surface area contributed by atoms with Crippen LogP contribution in [0.2, 0.25) is 5.02 Å². The molecule has 0 aliphatic rings. The van der Waals surface area contributed by atoms with Crippen LogP contribution in [0.15, 0.2) is 36.7 Å². The molecule has 0 aliphatic carbocycles. The Balaban J connectivity index is 2.42. The summed E-state index contributed by atoms with van der Waals surface area (Å²) < 4.78 is 6.50. The minimum absolute atomic E-state index is 0.309. The maximum atomic E-state index is 11.6. The van der Waals surface area contributed by atoms with Crippen molar-refractivity contribution in [2.45, 2.75) is 13.0 Å². The second kappa shape index (κ2) is 5.23. The third-order valence-electron chi connectivity index (χ3n) is 2.71. The summed E-state index contributed by atoms with van der Waals surface area (Å²) in [7, 11) is 1.37. The third kappa shape index (κ3) is 2.38. The first kappa shape index (κ1) is 12.6. The molecule has 0 bridgehead atoms. The largest absolute Gasteiger partial charge is 0.467 e. The number of esters is 1. The lowest BCUT2D eigenvalue weighted by Gasteiger charge is -2.14. The molecule has 1 atom stereocenters. The Morgan fingerprint density at radius 2 is 2.28 bits per heavy atom. The smallest absolute Gasteiger partial charge is 0.328 e. The van der Waals surface area contributed by atoms with Gasteiger partial charge in [0.2, 0.25) is 0 Å². The minimum Gasteiger partial charge on any atom is -0.467 e. The number of hydrogen-bond donors (Lipinski definition) is 0. The summed E-state index contributed by atoms with van der Waals surface area (Å²) in [6.45, 7) is 1.77. The van der Waals surface area contributed by atoms with Crippen LogP contribution in [-0.4, -0.2) is 22.6 Å². The van der Waals surface area contributed by atoms with Gasteiger partial charge in [-0.2, -0.15) is 0 Å². The molecule has 2 rings (SSSR count). The van der Waals surface area contributed by atoms with E-state index >= 15 is 0 Å². The Bertz CT molecular complexity index is 566. The summed E-state index contributed by atoms with van der Waals surface area (Å²) in [6.07, 6.45) is 3.40. The molecule has 0 spiro atoms. The molecule has 94 valence electrons. The maximum absolute atomic E-state index is 11.6. The lowest BCUT2D eigenvalue weighted by Crippen LogP contribution is -2.18. The monoisotopic (exact) mass is 264 g/mol. The van der Waals surface area contributed by atoms with Crippen LogP contribution in [-0.2, 0) is 9.53 Å². The molecular weight excluding hydrogens is 252 g/mol. The van der Waals surface area contributed by atoms with Gasteiger partial charge in [-0.25, -0.2) is 9.78 Å². The summed E-state index contributed by atoms with van der Waals surface area (Å²) >= 11 is 5.95. The minimum atomic E-state index is -0.425. The van der Waals surface area contributed by atoms with Gasteiger partial charge in [-0.3, -0.25) is 0 Å². The Hall–Kier alpha value is -1.81. The lowest BCUT2D eigenvalue weighted by molar-refractivity contribution is -0.143. The highest BCUT2D eigenvalue weighted by Crippen LogP contribution is 2.24. The fraction of sp³-hybridized carbons (Fsp3) is 0.231. The van der Waals surface area contributed by atoms with Gasteiger partial charge in [0.15, 0.2) is 0 Å². The molecular formula is C13H13ClN2O2. The van der Waals surface area contributed by atoms with Gasteiger partial charge >= 0.3 is 5.97 Å². The number of halogens is 1. The molecule has 18 heavy (non-hydrogen) atoms. The Morgan fingerprint density at radius 3 is 2.94 bits per heavy atom. The molecule has 1 heterocycles. The normalized spacial score (nSPS) is 12.2. The number of rotatable bonds is 3. The van der Waals surface area contributed by atoms with Gasteiger partial charge in [0.05, 0.1) is 7.11 Å². The predicted molar refractivity (Wildman–Crippen MR) is 69.4 cm³/mol. The first-order valence-corrected chi connectivity index (χ1v) is 5.88. The summed E-state index contributed by atoms with van der Waals surface area (Å²) in [5, 5.41) is 0.632. The second-order valence-corrected chi connectivity index (χ2v) is 4.30. The van der Waals surface area contributed by atoms with Crippen LogP contribution < -0.4 is 0 Å². The number of nitrogens with zero attached hydrogens (tertiary/aromatic N) is 2. The average molecular weight is 265 g/mol. The molecule has 0 saturated heterocycles. The van der Waals surface area contributed by atoms with E-state index in [0.29, 0.717) is 10.8 Å². The highest BCUT2D eigenvalue weighted by atomic mass is 35.5. The highest BCUT2D eigenvalue weighted by molar-refractivity contribution is 6.30. The van der Waals surface area contributed by atoms with Gasteiger partial charge in [0.25, 0.3) is 0 Å². The van der Waals surface area contributed by atoms with Crippen molar-refractivity contribution in [1.29, 1.82) is 0 Å². The molecule has 0 fully saturated rings. The van der Waals surface area contributed by atoms with Gasteiger partial charge in [-0.15, -0.1) is 0 Å². The molecule has 0 amide bonds. The SMILES string of the molecule is COC(=O)C(C)n1ccnc1-c1cccc(Cl)c1. The molecule has 0 N–H and O–H groups in total. The number of carbonyl (C=O) groups is 1. The van der Waals surface area contributed by atoms with Gasteiger partial charge in [-0.05, 0) is 19.1 Å². The van der Waals surface area contributed by atoms with E-state index in [-0.39, 0.29) is 5.97 Å². The van der Waals surface area contributed by atoms with Crippen molar-refractivity contribution in [3.63, 3.8) is 0 Å². The maximum Gasteiger partial charge on any atom is 0.328 e. The quantitative estimate of drug-likeness (QED) is 0.801. The van der Waals surface area contributed by atoms with Crippen LogP contribution in [0, 0.1) is 0 Å². The predicted octanol–water partition coefficient (Wildman–Crippen LogP) is 2.94. The van der Waals surface area contributed by atoms with Crippen LogP contribution >= 0.6 is 11.6 Å². The fourth-order valence-corrected chi connectivity index (χ4v) is 1.95. The van der Waals surface area contributed by atoms with E-state index in [1.807, 2.05) is 18.2 Å². The van der Waals surface area contributed by atoms with Crippen LogP contribution in [0.1, 0.15) is 13.0 Å². The molecule has 0 aliphatic heterocycles. The average Bonchev–Trinajstić information content (AvgIpc) is 2.86. The van der Waals surface area contributed by atoms with Gasteiger partial charge < -0.3 is 9.30 Å². The van der Waals surface area contributed by atoms with Gasteiger partial charge in [0, 0.05) is 23.0 Å². The summed E-state index contributed by atoms with van der Waals surface area (Å²) in [4.78, 5) is 15.8. The Kier molecular flexibility index (Phi) is 3.67. The van der Waals surface area contributed by atoms with E-state index in [0.717, 1.165) is 5.56 Å². The standard InChI is InChI=1S/C13H13ClN2O2/c1-9(13(17)18-2)16-7-6-15-12(16)10-4-3-5-11(14)8-10/h3-9H,1-2H3. The highest BCUT2D eigenvalue weighted by Gasteiger charge is 2.18. The van der Waals surface area contributed by atoms with Crippen LogP contribution in [0.3, 0.4) is 0 Å². The third-order valence-corrected chi connectivity index (χ3v) is 2.95. The Morgan fingerprint density at radius 1 is 1.50 bits per heavy atom. The summed E-state index contributed by atoms with van der Waals surface area (Å²) in [5.74, 6) is 0.381. The molecule has 2 aromatic rings. The number of carbonyl (C=O) groups excluding carboxylic acids is 1. The molecule has 5 heteroatoms. The van der Waals surface area contributed by atoms with E-state index in [1.54, 1.807) is 30.0 Å². The number of benzene rings is 1. The zero-order chi connectivity index (χ0) is 13.1. The number of hydrogen-bond acceptors (Lipinski definition) is 3. The zero-order valence-corrected chi connectivity index (χ0v) is 10.9. The van der Waals surface area contributed by atoms with E-state index in [4.69, 9.17) is 16.3 Å². The molecule has 1 aromatic heterocycles. The van der Waals surface area contributed by atoms with Crippen molar-refractivity contribution < 1.29 is 9.53 Å². The van der Waals surface area contributed by atoms with Crippen molar-refractivity contribution in [2.75, 3.05) is 7.11 Å². The topological polar surface area (TPSA) is 44.1 Å². The Labute approximate surface area is 110 Å². The molecule has 1 unspecified atom stereocenters. The number of ether oxygens (including phenoxy) is 1. The van der Waals surface area contributed by atoms with E-state index in [2.05, 4.69) is 4.98 Å². The van der Waals surface area contributed by atoms with Crippen LogP contribution in [0.25, 0.3) is 11.4 Å². The number of imidazole rings is 1. The lowest BCUT2D eigenvalue weighted by atomic mass is 10.2. The molecule has 0 saturated carbocycles. The van der Waals surface area contributed by atoms with Crippen molar-refractivity contribution in [3.8, 4) is 11.4 Å². The van der Waals surface area contributed by atoms with Crippen molar-refractivity contribution in [3.05, 3.63) is 41.7 Å². The second-order valence-electron chi connectivity index (χ2n) is 3.87. The fourth-order valence-electron chi connectivity index (χ4n) is 1.76. The molecule has 4 nitrogen and oxygen atoms in total. The van der Waals surface area contributed by atoms with Crippen molar-refractivity contribution in [2.24, 2.45) is 0 Å². The number of aromatic nitrogens is 2. The zero-order valence-electron chi connectivity index (χ0n) is 10.1. The molecule has 1 aromatic carbocycles. The van der Waals surface area contributed by atoms with E-state index in [9.17, 15) is 4.79 Å². The van der Waals surface area contributed by atoms with E-state index in [1.165, 1.54) is 7.11 Å². The first-order chi connectivity index (χ1) is 8.63. The molecule has 0 radical (unpaired) electrons. The number of methoxy groups -OCH3 is 1. The van der Waals surface area contributed by atoms with Gasteiger partial charge in [0.1, 0.15) is 11.9 Å². The van der Waals surface area contributed by atoms with Crippen LogP contribution in [0.5, 0.6) is 0 Å². The summed E-state index contributed by atoms with van der Waals surface area (Å²) in [5.41, 5.74) is 0.864. The first-order valence-electron chi connectivity index (χ1n) is 5.50.